The molecule has 1 amide bonds. The van der Waals surface area contributed by atoms with Gasteiger partial charge < -0.3 is 10.6 Å². The molecule has 0 fully saturated rings. The maximum absolute atomic E-state index is 12.0. The number of nitrogens with zero attached hydrogens (tertiary/aromatic N) is 1. The zero-order chi connectivity index (χ0) is 17.5. The van der Waals surface area contributed by atoms with E-state index in [4.69, 9.17) is 40.1 Å². The minimum Gasteiger partial charge on any atom is -0.360 e. The van der Waals surface area contributed by atoms with Gasteiger partial charge in [-0.15, -0.1) is 0 Å². The summed E-state index contributed by atoms with van der Waals surface area (Å²) in [6, 6.07) is 13.7. The maximum atomic E-state index is 12.0. The lowest BCUT2D eigenvalue weighted by atomic mass is 10.2. The molecule has 0 radical (unpaired) electrons. The highest BCUT2D eigenvalue weighted by molar-refractivity contribution is 6.35. The van der Waals surface area contributed by atoms with E-state index in [1.165, 1.54) is 6.20 Å². The summed E-state index contributed by atoms with van der Waals surface area (Å²) in [6.45, 7) is 0.290. The molecule has 122 valence electrons. The fourth-order valence-electron chi connectivity index (χ4n) is 1.82. The summed E-state index contributed by atoms with van der Waals surface area (Å²) in [7, 11) is 0. The zero-order valence-corrected chi connectivity index (χ0v) is 14.6. The molecule has 0 aromatic heterocycles. The molecule has 4 nitrogen and oxygen atoms in total. The number of nitriles is 1. The van der Waals surface area contributed by atoms with Crippen LogP contribution < -0.4 is 10.6 Å². The Hall–Kier alpha value is -2.19. The van der Waals surface area contributed by atoms with Gasteiger partial charge in [0.15, 0.2) is 0 Å². The lowest BCUT2D eigenvalue weighted by Crippen LogP contribution is -2.24. The number of amides is 1. The van der Waals surface area contributed by atoms with Gasteiger partial charge in [0.25, 0.3) is 5.91 Å². The second kappa shape index (κ2) is 8.60. The summed E-state index contributed by atoms with van der Waals surface area (Å²) >= 11 is 17.6. The number of hydrogen-bond donors (Lipinski definition) is 2. The number of halogens is 3. The molecule has 0 bridgehead atoms. The van der Waals surface area contributed by atoms with Gasteiger partial charge in [0.1, 0.15) is 11.6 Å². The Morgan fingerprint density at radius 1 is 1.04 bits per heavy atom. The number of anilines is 1. The van der Waals surface area contributed by atoms with Gasteiger partial charge in [-0.25, -0.2) is 0 Å². The third-order valence-electron chi connectivity index (χ3n) is 2.98. The van der Waals surface area contributed by atoms with Crippen LogP contribution in [0, 0.1) is 11.3 Å². The van der Waals surface area contributed by atoms with Crippen molar-refractivity contribution in [2.75, 3.05) is 5.32 Å². The smallest absolute Gasteiger partial charge is 0.263 e. The van der Waals surface area contributed by atoms with Gasteiger partial charge in [-0.2, -0.15) is 5.26 Å². The number of benzene rings is 2. The molecule has 0 atom stereocenters. The van der Waals surface area contributed by atoms with Gasteiger partial charge in [0.2, 0.25) is 0 Å². The number of carbonyl (C=O) groups is 1. The minimum absolute atomic E-state index is 0.0694. The van der Waals surface area contributed by atoms with Gasteiger partial charge in [-0.1, -0.05) is 46.9 Å². The summed E-state index contributed by atoms with van der Waals surface area (Å²) in [6.07, 6.45) is 1.30. The number of carbonyl (C=O) groups excluding carboxylic acids is 1. The van der Waals surface area contributed by atoms with Crippen molar-refractivity contribution in [1.82, 2.24) is 5.32 Å². The summed E-state index contributed by atoms with van der Waals surface area (Å²) < 4.78 is 0. The van der Waals surface area contributed by atoms with Crippen molar-refractivity contribution in [3.8, 4) is 6.07 Å². The van der Waals surface area contributed by atoms with E-state index in [9.17, 15) is 4.79 Å². The highest BCUT2D eigenvalue weighted by Crippen LogP contribution is 2.22. The van der Waals surface area contributed by atoms with Crippen molar-refractivity contribution in [2.24, 2.45) is 0 Å². The molecule has 7 heteroatoms. The van der Waals surface area contributed by atoms with Crippen LogP contribution in [0.15, 0.2) is 54.2 Å². The molecule has 2 aromatic rings. The third kappa shape index (κ3) is 5.47. The van der Waals surface area contributed by atoms with E-state index >= 15 is 0 Å². The largest absolute Gasteiger partial charge is 0.360 e. The second-order valence-corrected chi connectivity index (χ2v) is 6.09. The highest BCUT2D eigenvalue weighted by Gasteiger charge is 2.08. The normalized spacial score (nSPS) is 10.8. The Kier molecular flexibility index (Phi) is 6.51. The van der Waals surface area contributed by atoms with E-state index in [2.05, 4.69) is 10.6 Å². The van der Waals surface area contributed by atoms with E-state index in [1.54, 1.807) is 42.5 Å². The van der Waals surface area contributed by atoms with Crippen LogP contribution in [0.4, 0.5) is 5.69 Å². The van der Waals surface area contributed by atoms with Crippen LogP contribution in [0.3, 0.4) is 0 Å². The number of hydrogen-bond acceptors (Lipinski definition) is 3. The quantitative estimate of drug-likeness (QED) is 0.579. The fraction of sp³-hybridized carbons (Fsp3) is 0.0588. The van der Waals surface area contributed by atoms with Gasteiger partial charge in [0.05, 0.1) is 0 Å². The summed E-state index contributed by atoms with van der Waals surface area (Å²) in [4.78, 5) is 12.0. The van der Waals surface area contributed by atoms with Crippen molar-refractivity contribution in [3.05, 3.63) is 74.9 Å². The Morgan fingerprint density at radius 2 is 1.67 bits per heavy atom. The zero-order valence-electron chi connectivity index (χ0n) is 12.3. The number of rotatable bonds is 5. The van der Waals surface area contributed by atoms with Crippen molar-refractivity contribution < 1.29 is 4.79 Å². The van der Waals surface area contributed by atoms with Crippen LogP contribution in [0.2, 0.25) is 15.1 Å². The van der Waals surface area contributed by atoms with Crippen molar-refractivity contribution >= 4 is 46.4 Å². The Labute approximate surface area is 154 Å². The molecule has 2 aromatic carbocycles. The first kappa shape index (κ1) is 18.2. The van der Waals surface area contributed by atoms with Crippen LogP contribution in [0.1, 0.15) is 5.56 Å². The van der Waals surface area contributed by atoms with Gasteiger partial charge in [-0.3, -0.25) is 4.79 Å². The van der Waals surface area contributed by atoms with Crippen molar-refractivity contribution in [3.63, 3.8) is 0 Å². The van der Waals surface area contributed by atoms with Crippen LogP contribution in [0.5, 0.6) is 0 Å². The standard InChI is InChI=1S/C17H12Cl3N3O/c18-13-3-1-11(2-4-13)9-23-17(24)12(8-21)10-22-16-6-14(19)5-15(20)7-16/h1-7,10,22H,9H2,(H,23,24)/b12-10-. The molecule has 0 saturated heterocycles. The average molecular weight is 381 g/mol. The second-order valence-electron chi connectivity index (χ2n) is 4.78. The van der Waals surface area contributed by atoms with Gasteiger partial charge in [0, 0.05) is 33.5 Å². The Morgan fingerprint density at radius 3 is 2.25 bits per heavy atom. The predicted molar refractivity (Wildman–Crippen MR) is 97.1 cm³/mol. The summed E-state index contributed by atoms with van der Waals surface area (Å²) in [5.74, 6) is -0.493. The molecule has 0 heterocycles. The van der Waals surface area contributed by atoms with E-state index in [-0.39, 0.29) is 12.1 Å². The van der Waals surface area contributed by atoms with Crippen LogP contribution >= 0.6 is 34.8 Å². The molecule has 24 heavy (non-hydrogen) atoms. The predicted octanol–water partition coefficient (Wildman–Crippen LogP) is 4.78. The first-order valence-corrected chi connectivity index (χ1v) is 7.97. The fourth-order valence-corrected chi connectivity index (χ4v) is 2.47. The summed E-state index contributed by atoms with van der Waals surface area (Å²) in [5, 5.41) is 16.1. The van der Waals surface area contributed by atoms with Gasteiger partial charge >= 0.3 is 0 Å². The molecule has 2 N–H and O–H groups in total. The molecule has 0 spiro atoms. The molecule has 0 aliphatic rings. The average Bonchev–Trinajstić information content (AvgIpc) is 2.54. The maximum Gasteiger partial charge on any atom is 0.263 e. The van der Waals surface area contributed by atoms with Crippen LogP contribution in [-0.2, 0) is 11.3 Å². The lowest BCUT2D eigenvalue weighted by Gasteiger charge is -2.06. The minimum atomic E-state index is -0.493. The molecular weight excluding hydrogens is 369 g/mol. The lowest BCUT2D eigenvalue weighted by molar-refractivity contribution is -0.117. The first-order chi connectivity index (χ1) is 11.5. The van der Waals surface area contributed by atoms with E-state index in [0.29, 0.717) is 20.8 Å². The van der Waals surface area contributed by atoms with Crippen molar-refractivity contribution in [1.29, 1.82) is 5.26 Å². The third-order valence-corrected chi connectivity index (χ3v) is 3.67. The van der Waals surface area contributed by atoms with Crippen LogP contribution in [-0.4, -0.2) is 5.91 Å². The molecule has 0 saturated carbocycles. The SMILES string of the molecule is N#C/C(=C/Nc1cc(Cl)cc(Cl)c1)C(=O)NCc1ccc(Cl)cc1. The van der Waals surface area contributed by atoms with Crippen LogP contribution in [0.25, 0.3) is 0 Å². The molecule has 0 unspecified atom stereocenters. The summed E-state index contributed by atoms with van der Waals surface area (Å²) in [5.41, 5.74) is 1.38. The van der Waals surface area contributed by atoms with Crippen molar-refractivity contribution in [2.45, 2.75) is 6.54 Å². The molecule has 0 aliphatic heterocycles. The van der Waals surface area contributed by atoms with Gasteiger partial charge in [-0.05, 0) is 35.9 Å². The molecular formula is C17H12Cl3N3O. The van der Waals surface area contributed by atoms with E-state index < -0.39 is 5.91 Å². The highest BCUT2D eigenvalue weighted by atomic mass is 35.5. The topological polar surface area (TPSA) is 64.9 Å². The monoisotopic (exact) mass is 379 g/mol. The molecule has 2 rings (SSSR count). The van der Waals surface area contributed by atoms with E-state index in [0.717, 1.165) is 5.56 Å². The molecule has 0 aliphatic carbocycles. The Balaban J connectivity index is 2.00. The van der Waals surface area contributed by atoms with E-state index in [1.807, 2.05) is 6.07 Å². The Bertz CT molecular complexity index is 791. The first-order valence-electron chi connectivity index (χ1n) is 6.83. The number of nitrogens with one attached hydrogen (secondary N) is 2.